The molecular formula is C51H59FN10O6S. The summed E-state index contributed by atoms with van der Waals surface area (Å²) in [6.45, 7) is 10.1. The molecule has 362 valence electrons. The quantitative estimate of drug-likeness (QED) is 0.0926. The van der Waals surface area contributed by atoms with Gasteiger partial charge in [0.05, 0.1) is 69.6 Å². The van der Waals surface area contributed by atoms with Crippen LogP contribution in [0.5, 0.6) is 5.75 Å². The molecule has 0 bridgehead atoms. The number of imidazole rings is 2. The summed E-state index contributed by atoms with van der Waals surface area (Å²) in [5.41, 5.74) is 4.66. The van der Waals surface area contributed by atoms with Crippen molar-refractivity contribution in [3.8, 4) is 39.5 Å². The van der Waals surface area contributed by atoms with Crippen molar-refractivity contribution >= 4 is 46.1 Å². The molecule has 6 aromatic rings. The van der Waals surface area contributed by atoms with Gasteiger partial charge in [0.25, 0.3) is 0 Å². The maximum Gasteiger partial charge on any atom is 0.407 e. The number of nitrogens with one attached hydrogen (secondary N) is 4. The largest absolute Gasteiger partial charge is 0.464 e. The van der Waals surface area contributed by atoms with Gasteiger partial charge in [-0.05, 0) is 80.7 Å². The van der Waals surface area contributed by atoms with Gasteiger partial charge in [-0.15, -0.1) is 11.3 Å². The Hall–Kier alpha value is -6.56. The lowest BCUT2D eigenvalue weighted by molar-refractivity contribution is -0.138. The van der Waals surface area contributed by atoms with Gasteiger partial charge in [0.2, 0.25) is 23.9 Å². The molecular weight excluding hydrogens is 900 g/mol. The molecule has 0 radical (unpaired) electrons. The van der Waals surface area contributed by atoms with E-state index in [-0.39, 0.29) is 41.6 Å². The van der Waals surface area contributed by atoms with Crippen molar-refractivity contribution < 1.29 is 33.0 Å². The fourth-order valence-corrected chi connectivity index (χ4v) is 11.9. The molecule has 4 aromatic heterocycles. The Bertz CT molecular complexity index is 2930. The lowest BCUT2D eigenvalue weighted by Crippen LogP contribution is -2.51. The number of carbonyl (C=O) groups is 4. The number of nitrogens with zero attached hydrogens (tertiary/aromatic N) is 6. The van der Waals surface area contributed by atoms with Crippen LogP contribution in [0.25, 0.3) is 44.7 Å². The number of benzene rings is 2. The van der Waals surface area contributed by atoms with Crippen LogP contribution in [-0.2, 0) is 19.1 Å². The number of alkyl carbamates (subject to hydrolysis) is 1. The van der Waals surface area contributed by atoms with E-state index < -0.39 is 30.2 Å². The second-order valence-electron chi connectivity index (χ2n) is 19.6. The molecule has 69 heavy (non-hydrogen) atoms. The first-order chi connectivity index (χ1) is 33.3. The average molecular weight is 959 g/mol. The Morgan fingerprint density at radius 3 is 2.01 bits per heavy atom. The summed E-state index contributed by atoms with van der Waals surface area (Å²) in [7, 11) is 1.28. The number of rotatable bonds is 12. The average Bonchev–Trinajstić information content (AvgIpc) is 4.19. The van der Waals surface area contributed by atoms with E-state index in [0.717, 1.165) is 64.1 Å². The van der Waals surface area contributed by atoms with Gasteiger partial charge in [-0.1, -0.05) is 46.6 Å². The molecule has 1 aliphatic carbocycles. The lowest BCUT2D eigenvalue weighted by Gasteiger charge is -2.30. The van der Waals surface area contributed by atoms with Gasteiger partial charge < -0.3 is 39.9 Å². The number of likely N-dealkylation sites (tertiary alicyclic amines) is 2. The van der Waals surface area contributed by atoms with Gasteiger partial charge >= 0.3 is 6.09 Å². The highest BCUT2D eigenvalue weighted by Gasteiger charge is 2.40. The SMILES string of the molecule is COC(=O)NC(C(=O)N1CCCC1c1ncc(-c2ccc3c(c2)cc2n3C(c3cnc(C4CCCC4)s3)Oc3cc(-c4cnc(C5CCCN5C(=O)C(NC(C)=O)C(C)C)[nH]4)cc(F)c3-2)[nH]1)C(C)C. The van der Waals surface area contributed by atoms with Gasteiger partial charge in [-0.2, -0.15) is 0 Å². The Kier molecular flexibility index (Phi) is 12.5. The van der Waals surface area contributed by atoms with E-state index in [1.54, 1.807) is 33.5 Å². The smallest absolute Gasteiger partial charge is 0.407 e. The zero-order valence-electron chi connectivity index (χ0n) is 39.8. The summed E-state index contributed by atoms with van der Waals surface area (Å²) in [6.07, 6.45) is 11.7. The van der Waals surface area contributed by atoms with Gasteiger partial charge in [0.15, 0.2) is 0 Å². The molecule has 2 saturated heterocycles. The summed E-state index contributed by atoms with van der Waals surface area (Å²) in [5, 5.41) is 7.51. The predicted molar refractivity (Wildman–Crippen MR) is 259 cm³/mol. The Labute approximate surface area is 403 Å². The third kappa shape index (κ3) is 8.65. The molecule has 3 aliphatic heterocycles. The minimum Gasteiger partial charge on any atom is -0.464 e. The van der Waals surface area contributed by atoms with E-state index in [4.69, 9.17) is 24.4 Å². The van der Waals surface area contributed by atoms with Crippen LogP contribution in [0.3, 0.4) is 0 Å². The van der Waals surface area contributed by atoms with Crippen LogP contribution >= 0.6 is 11.3 Å². The van der Waals surface area contributed by atoms with Crippen LogP contribution in [0.4, 0.5) is 9.18 Å². The highest BCUT2D eigenvalue weighted by molar-refractivity contribution is 7.11. The van der Waals surface area contributed by atoms with E-state index >= 15 is 4.39 Å². The third-order valence-corrected chi connectivity index (χ3v) is 15.5. The van der Waals surface area contributed by atoms with Crippen molar-refractivity contribution in [2.45, 2.75) is 122 Å². The number of aromatic amines is 2. The fraction of sp³-hybridized carbons (Fsp3) is 0.471. The highest BCUT2D eigenvalue weighted by atomic mass is 32.1. The molecule has 4 aliphatic rings. The van der Waals surface area contributed by atoms with Crippen molar-refractivity contribution in [2.75, 3.05) is 20.2 Å². The van der Waals surface area contributed by atoms with Crippen LogP contribution in [0.2, 0.25) is 0 Å². The number of hydrogen-bond donors (Lipinski definition) is 4. The number of H-pyrrole nitrogens is 2. The van der Waals surface area contributed by atoms with E-state index in [9.17, 15) is 19.2 Å². The number of hydrogen-bond acceptors (Lipinski definition) is 10. The normalized spacial score (nSPS) is 20.0. The van der Waals surface area contributed by atoms with Crippen molar-refractivity contribution in [3.63, 3.8) is 0 Å². The van der Waals surface area contributed by atoms with Crippen LogP contribution in [-0.4, -0.2) is 95.4 Å². The summed E-state index contributed by atoms with van der Waals surface area (Å²) in [4.78, 5) is 77.6. The van der Waals surface area contributed by atoms with E-state index in [0.29, 0.717) is 65.3 Å². The summed E-state index contributed by atoms with van der Waals surface area (Å²) in [6, 6.07) is 9.47. The topological polar surface area (TPSA) is 192 Å². The van der Waals surface area contributed by atoms with Crippen LogP contribution in [0.15, 0.2) is 55.0 Å². The van der Waals surface area contributed by atoms with E-state index in [1.807, 2.05) is 58.2 Å². The van der Waals surface area contributed by atoms with Gasteiger partial charge in [-0.3, -0.25) is 19.0 Å². The molecule has 2 aromatic carbocycles. The number of thiazole rings is 1. The first kappa shape index (κ1) is 46.2. The molecule has 0 spiro atoms. The molecule has 3 fully saturated rings. The van der Waals surface area contributed by atoms with Crippen LogP contribution in [0.1, 0.15) is 132 Å². The first-order valence-electron chi connectivity index (χ1n) is 24.2. The molecule has 4 N–H and O–H groups in total. The molecule has 10 rings (SSSR count). The number of halogens is 1. The first-order valence-corrected chi connectivity index (χ1v) is 25.0. The molecule has 1 saturated carbocycles. The molecule has 7 heterocycles. The van der Waals surface area contributed by atoms with Crippen molar-refractivity contribution in [1.29, 1.82) is 0 Å². The third-order valence-electron chi connectivity index (χ3n) is 14.3. The zero-order valence-corrected chi connectivity index (χ0v) is 40.6. The Morgan fingerprint density at radius 2 is 1.41 bits per heavy atom. The maximum absolute atomic E-state index is 17.0. The number of carbonyl (C=O) groups excluding carboxylic acids is 4. The van der Waals surface area contributed by atoms with Gasteiger partial charge in [0.1, 0.15) is 35.3 Å². The maximum atomic E-state index is 17.0. The minimum absolute atomic E-state index is 0.0988. The fourth-order valence-electron chi connectivity index (χ4n) is 10.8. The Morgan fingerprint density at radius 1 is 0.783 bits per heavy atom. The monoisotopic (exact) mass is 958 g/mol. The number of ether oxygens (including phenoxy) is 2. The number of fused-ring (bicyclic) bond motifs is 5. The summed E-state index contributed by atoms with van der Waals surface area (Å²) in [5.74, 6) is 0.779. The molecule has 16 nitrogen and oxygen atoms in total. The Balaban J connectivity index is 0.977. The van der Waals surface area contributed by atoms with Crippen LogP contribution in [0, 0.1) is 17.7 Å². The zero-order chi connectivity index (χ0) is 48.2. The van der Waals surface area contributed by atoms with E-state index in [2.05, 4.69) is 31.2 Å². The molecule has 5 unspecified atom stereocenters. The van der Waals surface area contributed by atoms with Gasteiger partial charge in [-0.25, -0.2) is 24.1 Å². The highest BCUT2D eigenvalue weighted by Crippen LogP contribution is 2.49. The number of aromatic nitrogens is 6. The molecule has 4 amide bonds. The van der Waals surface area contributed by atoms with Crippen molar-refractivity contribution in [1.82, 2.24) is 49.9 Å². The molecule has 18 heteroatoms. The lowest BCUT2D eigenvalue weighted by atomic mass is 10.0. The standard InChI is InChI=1S/C51H59FN10O6S/c1-26(2)43(56-28(5)63)48(64)60-17-9-14-38(60)46-54-24-35(58-46)31-20-33(52)42-39-21-32-19-30(34-23-53-45(57-34)37-13-10-18-61(37)49(65)44(27(3)4)59-51(66)67-6)15-16-36(32)62(39)50(68-40(42)22-31)41-25-55-47(69-41)29-11-7-8-12-29/h15-16,19-27,29,37-38,43-44,50H,7-14,17-18H2,1-6H3,(H,53,57)(H,54,58)(H,56,63)(H,59,66). The minimum atomic E-state index is -0.740. The second-order valence-corrected chi connectivity index (χ2v) is 20.7. The van der Waals surface area contributed by atoms with Crippen molar-refractivity contribution in [2.24, 2.45) is 11.8 Å². The molecule has 5 atom stereocenters. The number of methoxy groups -OCH3 is 1. The summed E-state index contributed by atoms with van der Waals surface area (Å²) < 4.78 is 30.8. The van der Waals surface area contributed by atoms with Crippen molar-refractivity contribution in [3.05, 3.63) is 82.3 Å². The predicted octanol–water partition coefficient (Wildman–Crippen LogP) is 9.15. The summed E-state index contributed by atoms with van der Waals surface area (Å²) >= 11 is 1.65. The van der Waals surface area contributed by atoms with Crippen LogP contribution < -0.4 is 15.4 Å². The second kappa shape index (κ2) is 18.7. The number of amides is 4. The van der Waals surface area contributed by atoms with E-state index in [1.165, 1.54) is 32.9 Å². The van der Waals surface area contributed by atoms with Gasteiger partial charge in [0, 0.05) is 48.6 Å².